The third kappa shape index (κ3) is 3.55. The summed E-state index contributed by atoms with van der Waals surface area (Å²) in [7, 11) is 0. The van der Waals surface area contributed by atoms with Gasteiger partial charge in [0, 0.05) is 25.0 Å². The Bertz CT molecular complexity index is 1360. The normalized spacial score (nSPS) is 15.8. The van der Waals surface area contributed by atoms with Gasteiger partial charge < -0.3 is 4.42 Å². The fourth-order valence-corrected chi connectivity index (χ4v) is 3.99. The van der Waals surface area contributed by atoms with Gasteiger partial charge in [0.15, 0.2) is 5.43 Å². The Kier molecular flexibility index (Phi) is 4.71. The zero-order chi connectivity index (χ0) is 21.4. The highest BCUT2D eigenvalue weighted by molar-refractivity contribution is 6.05. The largest absolute Gasteiger partial charge is 0.456 e. The van der Waals surface area contributed by atoms with Gasteiger partial charge in [0.05, 0.1) is 17.1 Å². The van der Waals surface area contributed by atoms with E-state index in [-0.39, 0.29) is 17.4 Å². The molecule has 3 aromatic carbocycles. The molecule has 1 atom stereocenters. The Morgan fingerprint density at radius 1 is 0.935 bits per heavy atom. The molecule has 0 saturated carbocycles. The number of hydrogen-bond acceptors (Lipinski definition) is 4. The summed E-state index contributed by atoms with van der Waals surface area (Å²) in [6.45, 7) is 1.52. The second kappa shape index (κ2) is 7.69. The molecule has 0 radical (unpaired) electrons. The first kappa shape index (κ1) is 19.0. The molecule has 5 heteroatoms. The van der Waals surface area contributed by atoms with Crippen molar-refractivity contribution in [2.45, 2.75) is 19.4 Å². The number of rotatable bonds is 3. The van der Waals surface area contributed by atoms with E-state index < -0.39 is 0 Å². The van der Waals surface area contributed by atoms with Gasteiger partial charge in [-0.05, 0) is 29.3 Å². The molecule has 0 N–H and O–H groups in total. The van der Waals surface area contributed by atoms with Crippen LogP contribution in [0.2, 0.25) is 0 Å². The van der Waals surface area contributed by atoms with Crippen molar-refractivity contribution in [1.29, 1.82) is 0 Å². The lowest BCUT2D eigenvalue weighted by Gasteiger charge is -2.20. The topological polar surface area (TPSA) is 62.9 Å². The summed E-state index contributed by atoms with van der Waals surface area (Å²) >= 11 is 0. The van der Waals surface area contributed by atoms with Gasteiger partial charge in [-0.15, -0.1) is 0 Å². The van der Waals surface area contributed by atoms with E-state index in [1.165, 1.54) is 18.0 Å². The fraction of sp³-hybridized carbons (Fsp3) is 0.115. The molecule has 2 heterocycles. The minimum Gasteiger partial charge on any atom is -0.456 e. The van der Waals surface area contributed by atoms with E-state index in [2.05, 4.69) is 5.10 Å². The van der Waals surface area contributed by atoms with Crippen LogP contribution in [-0.4, -0.2) is 16.6 Å². The number of amides is 1. The number of carbonyl (C=O) groups excluding carboxylic acids is 1. The van der Waals surface area contributed by atoms with Crippen molar-refractivity contribution in [2.75, 3.05) is 0 Å². The summed E-state index contributed by atoms with van der Waals surface area (Å²) in [5.41, 5.74) is 3.90. The van der Waals surface area contributed by atoms with Crippen LogP contribution in [0.4, 0.5) is 0 Å². The van der Waals surface area contributed by atoms with Crippen molar-refractivity contribution in [3.05, 3.63) is 106 Å². The maximum atomic E-state index is 12.8. The standard InChI is InChI=1S/C26H20N2O3/c1-17(29)28-23(18-8-4-2-5-9-18)15-22(27-28)20-12-13-25-21(14-20)24(30)16-26(31-25)19-10-6-3-7-11-19/h2-14,16,23H,15H2,1H3. The average molecular weight is 408 g/mol. The molecule has 0 aliphatic carbocycles. The molecule has 1 amide bonds. The molecule has 1 aliphatic heterocycles. The molecule has 31 heavy (non-hydrogen) atoms. The molecular weight excluding hydrogens is 388 g/mol. The number of hydrazone groups is 1. The van der Waals surface area contributed by atoms with Gasteiger partial charge in [-0.3, -0.25) is 9.59 Å². The Hall–Kier alpha value is -3.99. The van der Waals surface area contributed by atoms with Crippen LogP contribution in [0.5, 0.6) is 0 Å². The zero-order valence-electron chi connectivity index (χ0n) is 17.0. The quantitative estimate of drug-likeness (QED) is 0.470. The Morgan fingerprint density at radius 3 is 2.35 bits per heavy atom. The van der Waals surface area contributed by atoms with Crippen LogP contribution in [-0.2, 0) is 4.79 Å². The van der Waals surface area contributed by atoms with Gasteiger partial charge in [-0.1, -0.05) is 60.7 Å². The van der Waals surface area contributed by atoms with Crippen LogP contribution in [0.15, 0.2) is 99.2 Å². The van der Waals surface area contributed by atoms with E-state index in [0.717, 1.165) is 22.4 Å². The molecular formula is C26H20N2O3. The van der Waals surface area contributed by atoms with Crippen LogP contribution in [0.25, 0.3) is 22.3 Å². The first-order valence-corrected chi connectivity index (χ1v) is 10.2. The molecule has 5 nitrogen and oxygen atoms in total. The summed E-state index contributed by atoms with van der Waals surface area (Å²) in [4.78, 5) is 25.0. The fourth-order valence-electron chi connectivity index (χ4n) is 3.99. The van der Waals surface area contributed by atoms with Crippen molar-refractivity contribution in [3.63, 3.8) is 0 Å². The lowest BCUT2D eigenvalue weighted by Crippen LogP contribution is -2.24. The van der Waals surface area contributed by atoms with Gasteiger partial charge >= 0.3 is 0 Å². The van der Waals surface area contributed by atoms with Crippen molar-refractivity contribution in [3.8, 4) is 11.3 Å². The molecule has 152 valence electrons. The first-order chi connectivity index (χ1) is 15.1. The average Bonchev–Trinajstić information content (AvgIpc) is 3.26. The molecule has 1 aliphatic rings. The second-order valence-electron chi connectivity index (χ2n) is 7.59. The predicted octanol–water partition coefficient (Wildman–Crippen LogP) is 5.16. The van der Waals surface area contributed by atoms with Gasteiger partial charge in [-0.25, -0.2) is 5.01 Å². The predicted molar refractivity (Wildman–Crippen MR) is 121 cm³/mol. The van der Waals surface area contributed by atoms with Gasteiger partial charge in [0.1, 0.15) is 11.3 Å². The number of carbonyl (C=O) groups is 1. The van der Waals surface area contributed by atoms with E-state index in [9.17, 15) is 9.59 Å². The third-order valence-corrected chi connectivity index (χ3v) is 5.54. The van der Waals surface area contributed by atoms with Gasteiger partial charge in [-0.2, -0.15) is 5.10 Å². The van der Waals surface area contributed by atoms with Gasteiger partial charge in [0.2, 0.25) is 5.91 Å². The Morgan fingerprint density at radius 2 is 1.65 bits per heavy atom. The van der Waals surface area contributed by atoms with Crippen molar-refractivity contribution in [2.24, 2.45) is 5.10 Å². The zero-order valence-corrected chi connectivity index (χ0v) is 17.0. The lowest BCUT2D eigenvalue weighted by atomic mass is 9.97. The van der Waals surface area contributed by atoms with Crippen molar-refractivity contribution < 1.29 is 9.21 Å². The minimum absolute atomic E-state index is 0.108. The molecule has 0 saturated heterocycles. The molecule has 0 fully saturated rings. The summed E-state index contributed by atoms with van der Waals surface area (Å²) in [5, 5.41) is 6.61. The van der Waals surface area contributed by atoms with Crippen LogP contribution < -0.4 is 5.43 Å². The monoisotopic (exact) mass is 408 g/mol. The lowest BCUT2D eigenvalue weighted by molar-refractivity contribution is -0.130. The summed E-state index contributed by atoms with van der Waals surface area (Å²) < 4.78 is 5.99. The molecule has 0 bridgehead atoms. The Labute approximate surface area is 179 Å². The number of benzene rings is 3. The summed E-state index contributed by atoms with van der Waals surface area (Å²) in [5.74, 6) is 0.424. The van der Waals surface area contributed by atoms with Crippen molar-refractivity contribution >= 4 is 22.6 Å². The smallest absolute Gasteiger partial charge is 0.240 e. The highest BCUT2D eigenvalue weighted by atomic mass is 16.3. The van der Waals surface area contributed by atoms with Crippen LogP contribution in [0.1, 0.15) is 30.5 Å². The molecule has 0 spiro atoms. The van der Waals surface area contributed by atoms with Crippen LogP contribution >= 0.6 is 0 Å². The van der Waals surface area contributed by atoms with E-state index in [4.69, 9.17) is 4.42 Å². The summed E-state index contributed by atoms with van der Waals surface area (Å²) in [6.07, 6.45) is 0.586. The van der Waals surface area contributed by atoms with E-state index >= 15 is 0 Å². The Balaban J connectivity index is 1.53. The maximum Gasteiger partial charge on any atom is 0.240 e. The molecule has 4 aromatic rings. The molecule has 1 unspecified atom stereocenters. The minimum atomic E-state index is -0.152. The maximum absolute atomic E-state index is 12.8. The number of fused-ring (bicyclic) bond motifs is 1. The number of nitrogens with zero attached hydrogens (tertiary/aromatic N) is 2. The van der Waals surface area contributed by atoms with Crippen molar-refractivity contribution in [1.82, 2.24) is 5.01 Å². The van der Waals surface area contributed by atoms with E-state index in [1.807, 2.05) is 66.7 Å². The first-order valence-electron chi connectivity index (χ1n) is 10.2. The highest BCUT2D eigenvalue weighted by Crippen LogP contribution is 2.33. The number of hydrogen-bond donors (Lipinski definition) is 0. The molecule has 5 rings (SSSR count). The third-order valence-electron chi connectivity index (χ3n) is 5.54. The van der Waals surface area contributed by atoms with Crippen LogP contribution in [0.3, 0.4) is 0 Å². The van der Waals surface area contributed by atoms with Gasteiger partial charge in [0.25, 0.3) is 0 Å². The highest BCUT2D eigenvalue weighted by Gasteiger charge is 2.31. The van der Waals surface area contributed by atoms with Crippen LogP contribution in [0, 0.1) is 0 Å². The SMILES string of the molecule is CC(=O)N1N=C(c2ccc3oc(-c4ccccc4)cc(=O)c3c2)CC1c1ccccc1. The second-order valence-corrected chi connectivity index (χ2v) is 7.59. The molecule has 1 aromatic heterocycles. The van der Waals surface area contributed by atoms with E-state index in [0.29, 0.717) is 23.2 Å². The van der Waals surface area contributed by atoms with E-state index in [1.54, 1.807) is 12.1 Å². The summed E-state index contributed by atoms with van der Waals surface area (Å²) in [6, 6.07) is 26.3.